The highest BCUT2D eigenvalue weighted by Crippen LogP contribution is 2.39. The summed E-state index contributed by atoms with van der Waals surface area (Å²) in [6, 6.07) is 8.38. The Morgan fingerprint density at radius 2 is 1.83 bits per heavy atom. The van der Waals surface area contributed by atoms with Crippen LogP contribution in [0.4, 0.5) is 24.0 Å². The van der Waals surface area contributed by atoms with Crippen LogP contribution in [0.3, 0.4) is 0 Å². The lowest BCUT2D eigenvalue weighted by molar-refractivity contribution is -0.138. The van der Waals surface area contributed by atoms with Gasteiger partial charge < -0.3 is 16.2 Å². The van der Waals surface area contributed by atoms with Crippen molar-refractivity contribution in [3.8, 4) is 17.0 Å². The third-order valence-electron chi connectivity index (χ3n) is 5.59. The number of aromatic nitrogens is 1. The Hall–Kier alpha value is -2.78. The quantitative estimate of drug-likeness (QED) is 0.222. The summed E-state index contributed by atoms with van der Waals surface area (Å²) < 4.78 is 41.5. The number of aryl methyl sites for hydroxylation is 1. The number of aromatic hydroxyl groups is 1. The summed E-state index contributed by atoms with van der Waals surface area (Å²) in [5.41, 5.74) is 5.80. The predicted octanol–water partition coefficient (Wildman–Crippen LogP) is 7.93. The molecule has 1 heterocycles. The number of nitrogens with zero attached hydrogens (tertiary/aromatic N) is 1. The number of phenols is 1. The average Bonchev–Trinajstić information content (AvgIpc) is 3.16. The Morgan fingerprint density at radius 1 is 1.11 bits per heavy atom. The average molecular weight is 526 g/mol. The van der Waals surface area contributed by atoms with Crippen molar-refractivity contribution in [3.63, 3.8) is 0 Å². The number of hydrogen-bond donors (Lipinski definition) is 3. The lowest BCUT2D eigenvalue weighted by atomic mass is 9.99. The van der Waals surface area contributed by atoms with Gasteiger partial charge in [0.25, 0.3) is 5.91 Å². The third-order valence-corrected chi connectivity index (χ3v) is 6.76. The molecular weight excluding hydrogens is 499 g/mol. The number of rotatable bonds is 11. The van der Waals surface area contributed by atoms with Crippen molar-refractivity contribution in [1.82, 2.24) is 4.98 Å². The zero-order valence-corrected chi connectivity index (χ0v) is 20.8. The number of carbonyl (C=O) groups excluding carboxylic acids is 1. The number of nitrogens with two attached hydrogens (primary N) is 1. The van der Waals surface area contributed by atoms with Gasteiger partial charge in [0.1, 0.15) is 15.8 Å². The van der Waals surface area contributed by atoms with Crippen molar-refractivity contribution in [3.05, 3.63) is 57.4 Å². The van der Waals surface area contributed by atoms with Crippen molar-refractivity contribution in [2.45, 2.75) is 58.0 Å². The Morgan fingerprint density at radius 3 is 2.51 bits per heavy atom. The molecule has 4 N–H and O–H groups in total. The fraction of sp³-hybridized carbons (Fsp3) is 0.360. The molecule has 10 heteroatoms. The monoisotopic (exact) mass is 525 g/mol. The summed E-state index contributed by atoms with van der Waals surface area (Å²) in [6.45, 7) is 2.12. The molecule has 0 atom stereocenters. The molecule has 0 fully saturated rings. The number of thiazole rings is 1. The molecule has 0 saturated heterocycles. The van der Waals surface area contributed by atoms with E-state index in [4.69, 9.17) is 17.3 Å². The van der Waals surface area contributed by atoms with Gasteiger partial charge in [-0.15, -0.1) is 0 Å². The van der Waals surface area contributed by atoms with E-state index < -0.39 is 17.6 Å². The molecule has 0 aliphatic heterocycles. The highest BCUT2D eigenvalue weighted by atomic mass is 35.5. The first kappa shape index (κ1) is 26.8. The van der Waals surface area contributed by atoms with Crippen LogP contribution < -0.4 is 11.1 Å². The van der Waals surface area contributed by atoms with Crippen molar-refractivity contribution < 1.29 is 23.1 Å². The number of nitrogens with one attached hydrogen (secondary N) is 1. The van der Waals surface area contributed by atoms with Gasteiger partial charge in [-0.05, 0) is 48.7 Å². The third kappa shape index (κ3) is 7.11. The number of amides is 1. The summed E-state index contributed by atoms with van der Waals surface area (Å²) in [6.07, 6.45) is 1.94. The van der Waals surface area contributed by atoms with Crippen LogP contribution in [-0.2, 0) is 12.6 Å². The van der Waals surface area contributed by atoms with Crippen LogP contribution in [0.5, 0.6) is 5.75 Å². The fourth-order valence-electron chi connectivity index (χ4n) is 3.77. The van der Waals surface area contributed by atoms with Crippen molar-refractivity contribution >= 4 is 39.7 Å². The van der Waals surface area contributed by atoms with Crippen LogP contribution in [-0.4, -0.2) is 16.0 Å². The molecule has 35 heavy (non-hydrogen) atoms. The molecule has 0 bridgehead atoms. The van der Waals surface area contributed by atoms with E-state index in [-0.39, 0.29) is 32.0 Å². The standard InChI is InChI=1S/C25H27ClF3N3O2S/c1-2-3-4-5-6-7-8-15-9-11-17(14-19(15)25(27,28)29)31-24-32-21(22(26)35-24)16-10-12-20(33)18(13-16)23(30)34/h9-14,33H,2-8H2,1H3,(H2,30,34)(H,31,32). The van der Waals surface area contributed by atoms with Gasteiger partial charge in [-0.3, -0.25) is 4.79 Å². The number of alkyl halides is 3. The Kier molecular flexibility index (Phi) is 9.02. The van der Waals surface area contributed by atoms with Crippen molar-refractivity contribution in [2.24, 2.45) is 5.73 Å². The number of hydrogen-bond acceptors (Lipinski definition) is 5. The Labute approximate surface area is 211 Å². The van der Waals surface area contributed by atoms with Gasteiger partial charge in [-0.25, -0.2) is 4.98 Å². The Balaban J connectivity index is 1.78. The lowest BCUT2D eigenvalue weighted by Crippen LogP contribution is -2.11. The molecule has 0 aliphatic rings. The molecule has 3 aromatic rings. The SMILES string of the molecule is CCCCCCCCc1ccc(Nc2nc(-c3ccc(O)c(C(N)=O)c3)c(Cl)s2)cc1C(F)(F)F. The molecule has 0 unspecified atom stereocenters. The van der Waals surface area contributed by atoms with Gasteiger partial charge in [0, 0.05) is 11.3 Å². The van der Waals surface area contributed by atoms with Gasteiger partial charge in [0.05, 0.1) is 11.1 Å². The van der Waals surface area contributed by atoms with E-state index in [1.807, 2.05) is 0 Å². The fourth-order valence-corrected chi connectivity index (χ4v) is 4.88. The molecule has 2 aromatic carbocycles. The summed E-state index contributed by atoms with van der Waals surface area (Å²) in [7, 11) is 0. The smallest absolute Gasteiger partial charge is 0.416 e. The Bertz CT molecular complexity index is 1180. The topological polar surface area (TPSA) is 88.2 Å². The normalized spacial score (nSPS) is 11.6. The largest absolute Gasteiger partial charge is 0.507 e. The minimum absolute atomic E-state index is 0.0863. The molecule has 0 aliphatic carbocycles. The molecule has 0 saturated carbocycles. The summed E-state index contributed by atoms with van der Waals surface area (Å²) in [5, 5.41) is 13.0. The second kappa shape index (κ2) is 11.8. The summed E-state index contributed by atoms with van der Waals surface area (Å²) >= 11 is 7.35. The maximum atomic E-state index is 13.7. The maximum absolute atomic E-state index is 13.7. The van der Waals surface area contributed by atoms with Crippen molar-refractivity contribution in [2.75, 3.05) is 5.32 Å². The van der Waals surface area contributed by atoms with Crippen LogP contribution >= 0.6 is 22.9 Å². The predicted molar refractivity (Wildman–Crippen MR) is 135 cm³/mol. The lowest BCUT2D eigenvalue weighted by Gasteiger charge is -2.15. The summed E-state index contributed by atoms with van der Waals surface area (Å²) in [5.74, 6) is -1.08. The van der Waals surface area contributed by atoms with E-state index >= 15 is 0 Å². The second-order valence-electron chi connectivity index (χ2n) is 8.25. The number of unbranched alkanes of at least 4 members (excludes halogenated alkanes) is 5. The first-order chi connectivity index (χ1) is 16.6. The van der Waals surface area contributed by atoms with Crippen LogP contribution in [0.1, 0.15) is 66.9 Å². The van der Waals surface area contributed by atoms with Crippen LogP contribution in [0.15, 0.2) is 36.4 Å². The molecule has 1 aromatic heterocycles. The number of halogens is 4. The van der Waals surface area contributed by atoms with E-state index in [0.29, 0.717) is 24.1 Å². The van der Waals surface area contributed by atoms with Gasteiger partial charge in [-0.1, -0.05) is 68.0 Å². The molecule has 0 radical (unpaired) electrons. The van der Waals surface area contributed by atoms with Crippen LogP contribution in [0.25, 0.3) is 11.3 Å². The van der Waals surface area contributed by atoms with Gasteiger partial charge in [0.15, 0.2) is 5.13 Å². The molecule has 1 amide bonds. The van der Waals surface area contributed by atoms with Crippen LogP contribution in [0.2, 0.25) is 4.34 Å². The van der Waals surface area contributed by atoms with E-state index in [1.54, 1.807) is 6.07 Å². The van der Waals surface area contributed by atoms with Crippen molar-refractivity contribution in [1.29, 1.82) is 0 Å². The molecule has 5 nitrogen and oxygen atoms in total. The van der Waals surface area contributed by atoms with Gasteiger partial charge in [0.2, 0.25) is 0 Å². The number of carbonyl (C=O) groups is 1. The first-order valence-electron chi connectivity index (χ1n) is 11.4. The minimum Gasteiger partial charge on any atom is -0.507 e. The number of primary amides is 1. The van der Waals surface area contributed by atoms with E-state index in [2.05, 4.69) is 17.2 Å². The molecule has 0 spiro atoms. The van der Waals surface area contributed by atoms with Gasteiger partial charge >= 0.3 is 6.18 Å². The van der Waals surface area contributed by atoms with E-state index in [1.165, 1.54) is 24.3 Å². The summed E-state index contributed by atoms with van der Waals surface area (Å²) in [4.78, 5) is 15.9. The van der Waals surface area contributed by atoms with E-state index in [9.17, 15) is 23.1 Å². The zero-order valence-electron chi connectivity index (χ0n) is 19.2. The molecule has 188 valence electrons. The molecular formula is C25H27ClF3N3O2S. The number of anilines is 2. The maximum Gasteiger partial charge on any atom is 0.416 e. The minimum atomic E-state index is -4.47. The first-order valence-corrected chi connectivity index (χ1v) is 12.6. The van der Waals surface area contributed by atoms with Crippen LogP contribution in [0, 0.1) is 0 Å². The van der Waals surface area contributed by atoms with E-state index in [0.717, 1.165) is 49.5 Å². The number of benzene rings is 2. The molecule has 3 rings (SSSR count). The highest BCUT2D eigenvalue weighted by molar-refractivity contribution is 7.20. The zero-order chi connectivity index (χ0) is 25.6. The van der Waals surface area contributed by atoms with Gasteiger partial charge in [-0.2, -0.15) is 13.2 Å². The second-order valence-corrected chi connectivity index (χ2v) is 9.85. The highest BCUT2D eigenvalue weighted by Gasteiger charge is 2.33.